The molecule has 8 heteroatoms. The lowest BCUT2D eigenvalue weighted by molar-refractivity contribution is -0.119. The predicted octanol–water partition coefficient (Wildman–Crippen LogP) is 7.49. The highest BCUT2D eigenvalue weighted by Crippen LogP contribution is 2.37. The topological polar surface area (TPSA) is 96.6 Å². The lowest BCUT2D eigenvalue weighted by Crippen LogP contribution is -2.27. The van der Waals surface area contributed by atoms with Crippen LogP contribution in [0.5, 0.6) is 5.75 Å². The average molecular weight is 575 g/mol. The van der Waals surface area contributed by atoms with Gasteiger partial charge in [0.15, 0.2) is 23.0 Å². The SMILES string of the molecule is C=C1C=CCC(/C=C(/C=C(C(C)=O)C(C)=O)N=CC)C(=C)C(=O)C(Oc2cc(Cl)cc(C#N)c2)=C1C(C)(F)C=CC. The summed E-state index contributed by atoms with van der Waals surface area (Å²) >= 11 is 6.16. The molecule has 0 N–H and O–H groups in total. The van der Waals surface area contributed by atoms with Gasteiger partial charge in [0.2, 0.25) is 5.78 Å². The molecule has 0 aromatic heterocycles. The highest BCUT2D eigenvalue weighted by molar-refractivity contribution is 6.30. The molecule has 6 nitrogen and oxygen atoms in total. The fourth-order valence-corrected chi connectivity index (χ4v) is 4.47. The molecule has 1 aliphatic carbocycles. The van der Waals surface area contributed by atoms with Gasteiger partial charge in [0.25, 0.3) is 0 Å². The third-order valence-corrected chi connectivity index (χ3v) is 6.31. The predicted molar refractivity (Wildman–Crippen MR) is 160 cm³/mol. The number of aliphatic imine (C=N–C) groups is 1. The maximum absolute atomic E-state index is 16.2. The standard InChI is InChI=1S/C33H32ClFN2O4/c1-8-13-33(7,35)30-20(3)11-10-12-25(16-27(37-9-2)18-29(22(5)38)23(6)39)21(4)31(40)32(30)41-28-15-24(19-36)14-26(34)17-28/h8-11,13-18,25H,3-4,12H2,1-2,5-7H3/b11-10?,13-8?,27-16-,32-30?,37-9?. The fourth-order valence-electron chi connectivity index (χ4n) is 4.24. The highest BCUT2D eigenvalue weighted by atomic mass is 35.5. The molecule has 1 aromatic rings. The van der Waals surface area contributed by atoms with Crippen molar-refractivity contribution in [1.82, 2.24) is 0 Å². The molecule has 0 spiro atoms. The number of halogens is 2. The van der Waals surface area contributed by atoms with Crippen molar-refractivity contribution in [3.05, 3.63) is 112 Å². The Morgan fingerprint density at radius 2 is 1.88 bits per heavy atom. The summed E-state index contributed by atoms with van der Waals surface area (Å²) in [6, 6.07) is 6.18. The number of benzene rings is 1. The van der Waals surface area contributed by atoms with Crippen LogP contribution in [0.2, 0.25) is 5.02 Å². The number of carbonyl (C=O) groups is 3. The Balaban J connectivity index is 2.83. The zero-order valence-electron chi connectivity index (χ0n) is 23.8. The monoisotopic (exact) mass is 574 g/mol. The van der Waals surface area contributed by atoms with Gasteiger partial charge in [-0.3, -0.25) is 19.4 Å². The van der Waals surface area contributed by atoms with Crippen LogP contribution in [0.4, 0.5) is 4.39 Å². The molecule has 1 aromatic carbocycles. The minimum Gasteiger partial charge on any atom is -0.453 e. The van der Waals surface area contributed by atoms with Crippen LogP contribution in [0.25, 0.3) is 0 Å². The number of allylic oxidation sites excluding steroid dienone is 10. The minimum absolute atomic E-state index is 0.0417. The van der Waals surface area contributed by atoms with E-state index in [4.69, 9.17) is 16.3 Å². The molecule has 1 aliphatic rings. The summed E-state index contributed by atoms with van der Waals surface area (Å²) in [6.07, 6.45) is 10.8. The van der Waals surface area contributed by atoms with Crippen molar-refractivity contribution in [3.8, 4) is 11.8 Å². The van der Waals surface area contributed by atoms with Crippen LogP contribution in [0.1, 0.15) is 46.6 Å². The van der Waals surface area contributed by atoms with Crippen molar-refractivity contribution >= 4 is 35.2 Å². The van der Waals surface area contributed by atoms with Crippen LogP contribution in [0, 0.1) is 17.2 Å². The molecule has 0 amide bonds. The molecule has 0 heterocycles. The van der Waals surface area contributed by atoms with Gasteiger partial charge >= 0.3 is 0 Å². The zero-order chi connectivity index (χ0) is 30.9. The molecule has 212 valence electrons. The van der Waals surface area contributed by atoms with E-state index in [1.165, 1.54) is 63.4 Å². The number of hydrogen-bond donors (Lipinski definition) is 0. The van der Waals surface area contributed by atoms with Crippen LogP contribution in [-0.2, 0) is 14.4 Å². The van der Waals surface area contributed by atoms with Gasteiger partial charge in [0.1, 0.15) is 5.75 Å². The zero-order valence-corrected chi connectivity index (χ0v) is 24.5. The van der Waals surface area contributed by atoms with E-state index in [9.17, 15) is 19.6 Å². The molecule has 2 rings (SSSR count). The number of ether oxygens (including phenoxy) is 1. The first-order valence-electron chi connectivity index (χ1n) is 12.7. The van der Waals surface area contributed by atoms with Gasteiger partial charge in [-0.2, -0.15) is 5.26 Å². The van der Waals surface area contributed by atoms with Gasteiger partial charge in [0, 0.05) is 28.3 Å². The third kappa shape index (κ3) is 8.54. The van der Waals surface area contributed by atoms with Gasteiger partial charge in [0.05, 0.1) is 22.9 Å². The Hall–Kier alpha value is -4.41. The molecular formula is C33H32ClFN2O4. The summed E-state index contributed by atoms with van der Waals surface area (Å²) in [5.74, 6) is -2.57. The van der Waals surface area contributed by atoms with Crippen LogP contribution in [0.3, 0.4) is 0 Å². The molecule has 0 bridgehead atoms. The lowest BCUT2D eigenvalue weighted by atomic mass is 9.87. The van der Waals surface area contributed by atoms with Gasteiger partial charge in [-0.25, -0.2) is 4.39 Å². The second kappa shape index (κ2) is 14.3. The fraction of sp³-hybridized carbons (Fsp3) is 0.242. The first kappa shape index (κ1) is 32.8. The van der Waals surface area contributed by atoms with Crippen molar-refractivity contribution in [1.29, 1.82) is 5.26 Å². The molecule has 2 unspecified atom stereocenters. The Labute approximate surface area is 245 Å². The Morgan fingerprint density at radius 3 is 2.44 bits per heavy atom. The summed E-state index contributed by atoms with van der Waals surface area (Å²) in [7, 11) is 0. The molecule has 0 aliphatic heterocycles. The molecule has 0 saturated carbocycles. The first-order chi connectivity index (χ1) is 19.2. The van der Waals surface area contributed by atoms with Gasteiger partial charge in [-0.15, -0.1) is 0 Å². The molecule has 41 heavy (non-hydrogen) atoms. The summed E-state index contributed by atoms with van der Waals surface area (Å²) in [6.45, 7) is 15.2. The van der Waals surface area contributed by atoms with Crippen molar-refractivity contribution in [2.45, 2.75) is 46.7 Å². The maximum atomic E-state index is 16.2. The molecule has 0 saturated heterocycles. The summed E-state index contributed by atoms with van der Waals surface area (Å²) in [5.41, 5.74) is -1.66. The quantitative estimate of drug-likeness (QED) is 0.0760. The van der Waals surface area contributed by atoms with Gasteiger partial charge in [-0.05, 0) is 77.0 Å². The Bertz CT molecular complexity index is 1500. The van der Waals surface area contributed by atoms with E-state index in [2.05, 4.69) is 18.2 Å². The van der Waals surface area contributed by atoms with Crippen molar-refractivity contribution in [3.63, 3.8) is 0 Å². The lowest BCUT2D eigenvalue weighted by Gasteiger charge is -2.25. The molecule has 0 fully saturated rings. The van der Waals surface area contributed by atoms with E-state index < -0.39 is 28.9 Å². The molecular weight excluding hydrogens is 543 g/mol. The summed E-state index contributed by atoms with van der Waals surface area (Å²) in [4.78, 5) is 42.4. The van der Waals surface area contributed by atoms with E-state index in [0.29, 0.717) is 0 Å². The highest BCUT2D eigenvalue weighted by Gasteiger charge is 2.36. The van der Waals surface area contributed by atoms with Crippen LogP contribution in [0.15, 0.2) is 107 Å². The van der Waals surface area contributed by atoms with Crippen LogP contribution < -0.4 is 4.74 Å². The molecule has 2 atom stereocenters. The Morgan fingerprint density at radius 1 is 1.22 bits per heavy atom. The number of nitrogens with zero attached hydrogens (tertiary/aromatic N) is 2. The molecule has 0 radical (unpaired) electrons. The van der Waals surface area contributed by atoms with E-state index in [1.807, 2.05) is 6.07 Å². The first-order valence-corrected chi connectivity index (χ1v) is 13.1. The number of Topliss-reactive ketones (excluding diaryl/α,β-unsaturated/α-hetero) is 3. The van der Waals surface area contributed by atoms with Gasteiger partial charge < -0.3 is 4.74 Å². The van der Waals surface area contributed by atoms with Crippen LogP contribution >= 0.6 is 11.6 Å². The smallest absolute Gasteiger partial charge is 0.224 e. The Kier molecular flexibility index (Phi) is 11.4. The van der Waals surface area contributed by atoms with Crippen molar-refractivity contribution in [2.75, 3.05) is 0 Å². The maximum Gasteiger partial charge on any atom is 0.224 e. The van der Waals surface area contributed by atoms with E-state index in [0.717, 1.165) is 0 Å². The number of ketones is 3. The van der Waals surface area contributed by atoms with E-state index in [1.54, 1.807) is 32.1 Å². The number of hydrogen-bond acceptors (Lipinski definition) is 6. The number of rotatable bonds is 9. The second-order valence-corrected chi connectivity index (χ2v) is 9.88. The average Bonchev–Trinajstić information content (AvgIpc) is 2.92. The largest absolute Gasteiger partial charge is 0.453 e. The minimum atomic E-state index is -2.17. The normalized spacial score (nSPS) is 18.0. The van der Waals surface area contributed by atoms with E-state index >= 15 is 4.39 Å². The third-order valence-electron chi connectivity index (χ3n) is 6.09. The summed E-state index contributed by atoms with van der Waals surface area (Å²) < 4.78 is 22.2. The number of nitriles is 1. The number of alkyl halides is 1. The summed E-state index contributed by atoms with van der Waals surface area (Å²) in [5, 5.41) is 9.57. The van der Waals surface area contributed by atoms with E-state index in [-0.39, 0.29) is 56.5 Å². The van der Waals surface area contributed by atoms with Crippen molar-refractivity contribution in [2.24, 2.45) is 10.9 Å². The van der Waals surface area contributed by atoms with Crippen molar-refractivity contribution < 1.29 is 23.5 Å². The van der Waals surface area contributed by atoms with Gasteiger partial charge in [-0.1, -0.05) is 49.1 Å². The van der Waals surface area contributed by atoms with Crippen LogP contribution in [-0.4, -0.2) is 29.2 Å². The second-order valence-electron chi connectivity index (χ2n) is 9.44. The number of carbonyl (C=O) groups excluding carboxylic acids is 3.